The maximum atomic E-state index is 6.14. The minimum Gasteiger partial charge on any atom is -0.368 e. The predicted molar refractivity (Wildman–Crippen MR) is 75.7 cm³/mol. The molecule has 0 bridgehead atoms. The van der Waals surface area contributed by atoms with Crippen molar-refractivity contribution in [1.82, 2.24) is 5.32 Å². The van der Waals surface area contributed by atoms with E-state index >= 15 is 0 Å². The Hall–Kier alpha value is 0.270. The first-order valence-corrected chi connectivity index (χ1v) is 8.10. The Kier molecular flexibility index (Phi) is 3.82. The van der Waals surface area contributed by atoms with Gasteiger partial charge in [0.2, 0.25) is 0 Å². The summed E-state index contributed by atoms with van der Waals surface area (Å²) in [5.74, 6) is 0. The van der Waals surface area contributed by atoms with Crippen molar-refractivity contribution >= 4 is 11.8 Å². The van der Waals surface area contributed by atoms with Crippen molar-refractivity contribution in [2.75, 3.05) is 6.26 Å². The number of hydrogen-bond donors (Lipinski definition) is 1. The molecule has 0 radical (unpaired) electrons. The molecule has 1 aliphatic carbocycles. The van der Waals surface area contributed by atoms with Crippen molar-refractivity contribution < 1.29 is 4.74 Å². The Bertz CT molecular complexity index is 277. The van der Waals surface area contributed by atoms with E-state index < -0.39 is 0 Å². The summed E-state index contributed by atoms with van der Waals surface area (Å²) in [6, 6.07) is 1.21. The smallest absolute Gasteiger partial charge is 0.0787 e. The molecule has 3 unspecified atom stereocenters. The van der Waals surface area contributed by atoms with Crippen LogP contribution in [-0.4, -0.2) is 34.8 Å². The van der Waals surface area contributed by atoms with Gasteiger partial charge in [0.25, 0.3) is 0 Å². The first-order valence-electron chi connectivity index (χ1n) is 6.81. The van der Waals surface area contributed by atoms with Gasteiger partial charge in [-0.2, -0.15) is 11.8 Å². The van der Waals surface area contributed by atoms with Crippen molar-refractivity contribution in [3.05, 3.63) is 0 Å². The SMILES string of the molecule is CSC1CCC(NC2CC(C)(C)OC2(C)C)C1. The summed E-state index contributed by atoms with van der Waals surface area (Å²) in [5, 5.41) is 4.72. The van der Waals surface area contributed by atoms with Crippen molar-refractivity contribution in [3.63, 3.8) is 0 Å². The largest absolute Gasteiger partial charge is 0.368 e. The zero-order chi connectivity index (χ0) is 12.7. The van der Waals surface area contributed by atoms with Crippen LogP contribution in [0.1, 0.15) is 53.4 Å². The highest BCUT2D eigenvalue weighted by Crippen LogP contribution is 2.38. The highest BCUT2D eigenvalue weighted by atomic mass is 32.2. The first-order chi connectivity index (χ1) is 7.82. The quantitative estimate of drug-likeness (QED) is 0.839. The lowest BCUT2D eigenvalue weighted by Gasteiger charge is -2.30. The van der Waals surface area contributed by atoms with Crippen molar-refractivity contribution in [2.45, 2.75) is 81.9 Å². The average molecular weight is 257 g/mol. The van der Waals surface area contributed by atoms with E-state index in [1.165, 1.54) is 19.3 Å². The van der Waals surface area contributed by atoms with E-state index in [1.807, 2.05) is 11.8 Å². The lowest BCUT2D eigenvalue weighted by molar-refractivity contribution is -0.0704. The van der Waals surface area contributed by atoms with Crippen LogP contribution in [0.3, 0.4) is 0 Å². The number of ether oxygens (including phenoxy) is 1. The topological polar surface area (TPSA) is 21.3 Å². The van der Waals surface area contributed by atoms with E-state index in [2.05, 4.69) is 39.3 Å². The van der Waals surface area contributed by atoms with Gasteiger partial charge >= 0.3 is 0 Å². The summed E-state index contributed by atoms with van der Waals surface area (Å²) >= 11 is 2.02. The molecule has 2 aliphatic rings. The Morgan fingerprint density at radius 2 is 1.88 bits per heavy atom. The maximum Gasteiger partial charge on any atom is 0.0787 e. The molecule has 0 spiro atoms. The van der Waals surface area contributed by atoms with Crippen LogP contribution in [0.2, 0.25) is 0 Å². The lowest BCUT2D eigenvalue weighted by atomic mass is 9.93. The second kappa shape index (κ2) is 4.75. The second-order valence-electron chi connectivity index (χ2n) is 6.76. The highest BCUT2D eigenvalue weighted by molar-refractivity contribution is 7.99. The molecule has 0 aromatic carbocycles. The van der Waals surface area contributed by atoms with Crippen molar-refractivity contribution in [2.24, 2.45) is 0 Å². The normalized spacial score (nSPS) is 39.7. The van der Waals surface area contributed by atoms with Crippen molar-refractivity contribution in [1.29, 1.82) is 0 Å². The van der Waals surface area contributed by atoms with Gasteiger partial charge in [-0.05, 0) is 59.6 Å². The summed E-state index contributed by atoms with van der Waals surface area (Å²) in [6.45, 7) is 8.85. The number of rotatable bonds is 3. The van der Waals surface area contributed by atoms with Gasteiger partial charge in [0.1, 0.15) is 0 Å². The van der Waals surface area contributed by atoms with Crippen LogP contribution >= 0.6 is 11.8 Å². The molecular weight excluding hydrogens is 230 g/mol. The molecular formula is C14H27NOS. The highest BCUT2D eigenvalue weighted by Gasteiger charge is 2.46. The summed E-state index contributed by atoms with van der Waals surface area (Å²) in [6.07, 6.45) is 7.39. The number of thioether (sulfide) groups is 1. The Morgan fingerprint density at radius 3 is 2.35 bits per heavy atom. The van der Waals surface area contributed by atoms with Crippen LogP contribution in [0.25, 0.3) is 0 Å². The summed E-state index contributed by atoms with van der Waals surface area (Å²) in [4.78, 5) is 0. The molecule has 0 aromatic rings. The molecule has 100 valence electrons. The fraction of sp³-hybridized carbons (Fsp3) is 1.00. The Balaban J connectivity index is 1.91. The minimum atomic E-state index is -0.0268. The second-order valence-corrected chi connectivity index (χ2v) is 7.89. The van der Waals surface area contributed by atoms with Gasteiger partial charge in [-0.1, -0.05) is 0 Å². The zero-order valence-corrected chi connectivity index (χ0v) is 12.7. The zero-order valence-electron chi connectivity index (χ0n) is 11.9. The van der Waals surface area contributed by atoms with E-state index in [4.69, 9.17) is 4.74 Å². The average Bonchev–Trinajstić information content (AvgIpc) is 2.69. The fourth-order valence-electron chi connectivity index (χ4n) is 3.41. The summed E-state index contributed by atoms with van der Waals surface area (Å²) in [7, 11) is 0. The molecule has 0 amide bonds. The molecule has 17 heavy (non-hydrogen) atoms. The van der Waals surface area contributed by atoms with Crippen LogP contribution in [0.4, 0.5) is 0 Å². The molecule has 1 saturated carbocycles. The molecule has 1 heterocycles. The molecule has 2 rings (SSSR count). The molecule has 2 nitrogen and oxygen atoms in total. The van der Waals surface area contributed by atoms with Gasteiger partial charge in [-0.3, -0.25) is 0 Å². The van der Waals surface area contributed by atoms with Gasteiger partial charge in [0.05, 0.1) is 11.2 Å². The van der Waals surface area contributed by atoms with Crippen LogP contribution in [0, 0.1) is 0 Å². The lowest BCUT2D eigenvalue weighted by Crippen LogP contribution is -2.47. The van der Waals surface area contributed by atoms with Crippen LogP contribution < -0.4 is 5.32 Å². The monoisotopic (exact) mass is 257 g/mol. The van der Waals surface area contributed by atoms with E-state index in [9.17, 15) is 0 Å². The van der Waals surface area contributed by atoms with E-state index in [-0.39, 0.29) is 11.2 Å². The third-order valence-electron chi connectivity index (χ3n) is 4.23. The fourth-order valence-corrected chi connectivity index (χ4v) is 4.21. The van der Waals surface area contributed by atoms with Gasteiger partial charge in [0, 0.05) is 17.3 Å². The minimum absolute atomic E-state index is 0.0265. The van der Waals surface area contributed by atoms with Crippen molar-refractivity contribution in [3.8, 4) is 0 Å². The van der Waals surface area contributed by atoms with Gasteiger partial charge in [-0.25, -0.2) is 0 Å². The molecule has 2 fully saturated rings. The first kappa shape index (κ1) is 13.7. The standard InChI is InChI=1S/C14H27NOS/c1-13(2)9-12(14(3,4)16-13)15-10-6-7-11(8-10)17-5/h10-12,15H,6-9H2,1-5H3. The molecule has 3 atom stereocenters. The van der Waals surface area contributed by atoms with Crippen LogP contribution in [-0.2, 0) is 4.74 Å². The molecule has 3 heteroatoms. The van der Waals surface area contributed by atoms with Crippen LogP contribution in [0.15, 0.2) is 0 Å². The van der Waals surface area contributed by atoms with Gasteiger partial charge < -0.3 is 10.1 Å². The molecule has 1 aliphatic heterocycles. The summed E-state index contributed by atoms with van der Waals surface area (Å²) < 4.78 is 6.14. The summed E-state index contributed by atoms with van der Waals surface area (Å²) in [5.41, 5.74) is -0.000374. The maximum absolute atomic E-state index is 6.14. The van der Waals surface area contributed by atoms with E-state index in [0.717, 1.165) is 11.7 Å². The van der Waals surface area contributed by atoms with Gasteiger partial charge in [-0.15, -0.1) is 0 Å². The number of nitrogens with one attached hydrogen (secondary N) is 1. The Morgan fingerprint density at radius 1 is 1.18 bits per heavy atom. The van der Waals surface area contributed by atoms with Gasteiger partial charge in [0.15, 0.2) is 0 Å². The predicted octanol–water partition coefficient (Wildman–Crippen LogP) is 3.21. The molecule has 1 saturated heterocycles. The molecule has 0 aromatic heterocycles. The third kappa shape index (κ3) is 3.18. The third-order valence-corrected chi connectivity index (χ3v) is 5.32. The molecule has 1 N–H and O–H groups in total. The van der Waals surface area contributed by atoms with E-state index in [1.54, 1.807) is 0 Å². The number of hydrogen-bond acceptors (Lipinski definition) is 3. The Labute approximate surface area is 110 Å². The van der Waals surface area contributed by atoms with E-state index in [0.29, 0.717) is 12.1 Å². The van der Waals surface area contributed by atoms with Crippen LogP contribution in [0.5, 0.6) is 0 Å².